The van der Waals surface area contributed by atoms with Crippen LogP contribution in [-0.2, 0) is 0 Å². The maximum absolute atomic E-state index is 9.71. The lowest BCUT2D eigenvalue weighted by atomic mass is 10.0. The minimum Gasteiger partial charge on any atom is -0.393 e. The molecule has 92 valence electrons. The molecule has 0 radical (unpaired) electrons. The molecule has 0 aliphatic carbocycles. The van der Waals surface area contributed by atoms with Crippen LogP contribution in [0.1, 0.15) is 84.5 Å². The molecule has 0 aliphatic heterocycles. The second kappa shape index (κ2) is 12.0. The van der Waals surface area contributed by atoms with E-state index in [1.807, 2.05) is 0 Å². The van der Waals surface area contributed by atoms with Gasteiger partial charge in [-0.3, -0.25) is 0 Å². The lowest BCUT2D eigenvalue weighted by molar-refractivity contribution is 0.147. The van der Waals surface area contributed by atoms with Crippen molar-refractivity contribution < 1.29 is 5.11 Å². The zero-order valence-corrected chi connectivity index (χ0v) is 10.8. The van der Waals surface area contributed by atoms with Crippen LogP contribution in [0.3, 0.4) is 0 Å². The first-order chi connectivity index (χ1) is 7.31. The van der Waals surface area contributed by atoms with Crippen molar-refractivity contribution in [1.82, 2.24) is 0 Å². The molecule has 0 aliphatic rings. The van der Waals surface area contributed by atoms with E-state index in [4.69, 9.17) is 0 Å². The Labute approximate surface area is 96.3 Å². The maximum atomic E-state index is 9.71. The van der Waals surface area contributed by atoms with Crippen molar-refractivity contribution in [3.63, 3.8) is 0 Å². The van der Waals surface area contributed by atoms with E-state index in [2.05, 4.69) is 13.8 Å². The number of aliphatic hydroxyl groups is 1. The quantitative estimate of drug-likeness (QED) is 0.495. The van der Waals surface area contributed by atoms with Gasteiger partial charge in [-0.05, 0) is 12.8 Å². The van der Waals surface area contributed by atoms with E-state index >= 15 is 0 Å². The smallest absolute Gasteiger partial charge is 0.0540 e. The summed E-state index contributed by atoms with van der Waals surface area (Å²) in [5.41, 5.74) is 0. The lowest BCUT2D eigenvalue weighted by Gasteiger charge is -2.09. The van der Waals surface area contributed by atoms with Crippen LogP contribution in [0, 0.1) is 0 Å². The molecule has 0 bridgehead atoms. The number of hydrogen-bond acceptors (Lipinski definition) is 1. The van der Waals surface area contributed by atoms with E-state index in [0.29, 0.717) is 0 Å². The van der Waals surface area contributed by atoms with Gasteiger partial charge < -0.3 is 5.11 Å². The van der Waals surface area contributed by atoms with Crippen molar-refractivity contribution in [2.75, 3.05) is 0 Å². The van der Waals surface area contributed by atoms with Crippen molar-refractivity contribution in [1.29, 1.82) is 0 Å². The largest absolute Gasteiger partial charge is 0.393 e. The fraction of sp³-hybridized carbons (Fsp3) is 1.00. The first kappa shape index (κ1) is 15.0. The number of aliphatic hydroxyl groups excluding tert-OH is 1. The van der Waals surface area contributed by atoms with Gasteiger partial charge in [0.2, 0.25) is 0 Å². The van der Waals surface area contributed by atoms with E-state index in [0.717, 1.165) is 12.8 Å². The summed E-state index contributed by atoms with van der Waals surface area (Å²) < 4.78 is 0. The van der Waals surface area contributed by atoms with Gasteiger partial charge in [0.25, 0.3) is 0 Å². The van der Waals surface area contributed by atoms with Gasteiger partial charge in [0.05, 0.1) is 6.10 Å². The van der Waals surface area contributed by atoms with Crippen LogP contribution < -0.4 is 0 Å². The van der Waals surface area contributed by atoms with Gasteiger partial charge in [-0.15, -0.1) is 0 Å². The van der Waals surface area contributed by atoms with E-state index < -0.39 is 0 Å². The summed E-state index contributed by atoms with van der Waals surface area (Å²) >= 11 is 0. The van der Waals surface area contributed by atoms with E-state index in [1.165, 1.54) is 57.8 Å². The molecule has 0 saturated carbocycles. The van der Waals surface area contributed by atoms with Crippen LogP contribution in [0.5, 0.6) is 0 Å². The molecule has 1 heteroatoms. The van der Waals surface area contributed by atoms with Gasteiger partial charge in [0.15, 0.2) is 0 Å². The van der Waals surface area contributed by atoms with Crippen molar-refractivity contribution in [2.24, 2.45) is 0 Å². The highest BCUT2D eigenvalue weighted by molar-refractivity contribution is 4.56. The minimum absolute atomic E-state index is 0.0246. The highest BCUT2D eigenvalue weighted by Crippen LogP contribution is 2.12. The Kier molecular flexibility index (Phi) is 12.0. The van der Waals surface area contributed by atoms with Crippen molar-refractivity contribution in [2.45, 2.75) is 90.6 Å². The van der Waals surface area contributed by atoms with E-state index in [1.54, 1.807) is 0 Å². The molecule has 0 amide bonds. The Balaban J connectivity index is 3.08. The number of hydrogen-bond donors (Lipinski definition) is 1. The fourth-order valence-corrected chi connectivity index (χ4v) is 1.93. The number of unbranched alkanes of at least 4 members (excludes halogenated alkanes) is 7. The van der Waals surface area contributed by atoms with Gasteiger partial charge in [0, 0.05) is 0 Å². The fourth-order valence-electron chi connectivity index (χ4n) is 1.93. The summed E-state index contributed by atoms with van der Waals surface area (Å²) in [7, 11) is 0. The van der Waals surface area contributed by atoms with Crippen molar-refractivity contribution >= 4 is 0 Å². The molecule has 0 spiro atoms. The first-order valence-electron chi connectivity index (χ1n) is 6.99. The minimum atomic E-state index is -0.0246. The Morgan fingerprint density at radius 1 is 0.667 bits per heavy atom. The molecule has 1 nitrogen and oxygen atoms in total. The standard InChI is InChI=1S/C14H30O/c1-3-5-7-9-11-13-14(15)12-10-8-6-4-2/h14-15H,3-13H2,1-2H3/t14-/m0/s1. The van der Waals surface area contributed by atoms with Crippen molar-refractivity contribution in [3.05, 3.63) is 0 Å². The van der Waals surface area contributed by atoms with Gasteiger partial charge >= 0.3 is 0 Å². The highest BCUT2D eigenvalue weighted by Gasteiger charge is 2.02. The molecule has 0 aromatic carbocycles. The summed E-state index contributed by atoms with van der Waals surface area (Å²) in [4.78, 5) is 0. The molecule has 15 heavy (non-hydrogen) atoms. The van der Waals surface area contributed by atoms with Gasteiger partial charge in [-0.1, -0.05) is 71.6 Å². The monoisotopic (exact) mass is 214 g/mol. The third-order valence-corrected chi connectivity index (χ3v) is 3.03. The molecule has 1 N–H and O–H groups in total. The Bertz CT molecular complexity index is 112. The average molecular weight is 214 g/mol. The lowest BCUT2D eigenvalue weighted by Crippen LogP contribution is -2.05. The Morgan fingerprint density at radius 3 is 1.53 bits per heavy atom. The summed E-state index contributed by atoms with van der Waals surface area (Å²) in [6.45, 7) is 4.47. The molecule has 0 heterocycles. The summed E-state index contributed by atoms with van der Waals surface area (Å²) in [6, 6.07) is 0. The molecule has 1 atom stereocenters. The summed E-state index contributed by atoms with van der Waals surface area (Å²) in [6.07, 6.45) is 13.7. The second-order valence-corrected chi connectivity index (χ2v) is 4.71. The van der Waals surface area contributed by atoms with Crippen LogP contribution in [0.25, 0.3) is 0 Å². The molecule has 0 fully saturated rings. The topological polar surface area (TPSA) is 20.2 Å². The van der Waals surface area contributed by atoms with Gasteiger partial charge in [-0.25, -0.2) is 0 Å². The zero-order chi connectivity index (χ0) is 11.4. The average Bonchev–Trinajstić information content (AvgIpc) is 2.24. The highest BCUT2D eigenvalue weighted by atomic mass is 16.3. The molecular weight excluding hydrogens is 184 g/mol. The second-order valence-electron chi connectivity index (χ2n) is 4.71. The van der Waals surface area contributed by atoms with Crippen LogP contribution in [0.15, 0.2) is 0 Å². The molecule has 0 unspecified atom stereocenters. The normalized spacial score (nSPS) is 13.0. The SMILES string of the molecule is CCCCCCC[C@@H](O)CCCCCC. The summed E-state index contributed by atoms with van der Waals surface area (Å²) in [5.74, 6) is 0. The Hall–Kier alpha value is -0.0400. The van der Waals surface area contributed by atoms with Crippen molar-refractivity contribution in [3.8, 4) is 0 Å². The van der Waals surface area contributed by atoms with Crippen LogP contribution in [0.4, 0.5) is 0 Å². The summed E-state index contributed by atoms with van der Waals surface area (Å²) in [5, 5.41) is 9.71. The predicted octanol–water partition coefficient (Wildman–Crippen LogP) is 4.68. The zero-order valence-electron chi connectivity index (χ0n) is 10.8. The van der Waals surface area contributed by atoms with Gasteiger partial charge in [-0.2, -0.15) is 0 Å². The van der Waals surface area contributed by atoms with E-state index in [9.17, 15) is 5.11 Å². The molecule has 0 rings (SSSR count). The molecular formula is C14H30O. The van der Waals surface area contributed by atoms with Crippen LogP contribution in [0.2, 0.25) is 0 Å². The molecule has 0 aromatic heterocycles. The number of rotatable bonds is 11. The van der Waals surface area contributed by atoms with Crippen LogP contribution >= 0.6 is 0 Å². The van der Waals surface area contributed by atoms with Gasteiger partial charge in [0.1, 0.15) is 0 Å². The third kappa shape index (κ3) is 11.9. The maximum Gasteiger partial charge on any atom is 0.0540 e. The predicted molar refractivity (Wildman–Crippen MR) is 68.1 cm³/mol. The van der Waals surface area contributed by atoms with Crippen LogP contribution in [-0.4, -0.2) is 11.2 Å². The Morgan fingerprint density at radius 2 is 1.07 bits per heavy atom. The molecule has 0 saturated heterocycles. The first-order valence-corrected chi connectivity index (χ1v) is 6.99. The third-order valence-electron chi connectivity index (χ3n) is 3.03. The van der Waals surface area contributed by atoms with E-state index in [-0.39, 0.29) is 6.10 Å². The molecule has 0 aromatic rings.